The van der Waals surface area contributed by atoms with E-state index in [1.165, 1.54) is 32.1 Å². The van der Waals surface area contributed by atoms with Crippen LogP contribution in [0.15, 0.2) is 0 Å². The quantitative estimate of drug-likeness (QED) is 0.782. The van der Waals surface area contributed by atoms with Crippen molar-refractivity contribution in [3.8, 4) is 0 Å². The van der Waals surface area contributed by atoms with Crippen molar-refractivity contribution < 1.29 is 0 Å². The Bertz CT molecular complexity index is 264. The molecular formula is C14H24BrN. The van der Waals surface area contributed by atoms with E-state index in [1.807, 2.05) is 0 Å². The molecule has 16 heavy (non-hydrogen) atoms. The van der Waals surface area contributed by atoms with E-state index in [9.17, 15) is 0 Å². The molecule has 0 radical (unpaired) electrons. The van der Waals surface area contributed by atoms with Crippen LogP contribution < -0.4 is 5.32 Å². The monoisotopic (exact) mass is 285 g/mol. The lowest BCUT2D eigenvalue weighted by molar-refractivity contribution is -0.0512. The maximum absolute atomic E-state index is 4.07. The summed E-state index contributed by atoms with van der Waals surface area (Å²) in [5.74, 6) is 3.13. The highest BCUT2D eigenvalue weighted by Gasteiger charge is 2.56. The summed E-state index contributed by atoms with van der Waals surface area (Å²) in [7, 11) is 2.11. The van der Waals surface area contributed by atoms with Crippen molar-refractivity contribution in [2.45, 2.75) is 56.3 Å². The van der Waals surface area contributed by atoms with Gasteiger partial charge in [-0.05, 0) is 75.7 Å². The van der Waals surface area contributed by atoms with Gasteiger partial charge in [-0.15, -0.1) is 0 Å². The first-order chi connectivity index (χ1) is 7.63. The Kier molecular flexibility index (Phi) is 2.87. The summed E-state index contributed by atoms with van der Waals surface area (Å²) >= 11 is 4.07. The third-order valence-corrected chi connectivity index (χ3v) is 7.25. The molecule has 4 aliphatic rings. The molecule has 4 atom stereocenters. The molecule has 4 fully saturated rings. The van der Waals surface area contributed by atoms with Crippen LogP contribution in [0.5, 0.6) is 0 Å². The van der Waals surface area contributed by atoms with Crippen molar-refractivity contribution in [3.05, 3.63) is 0 Å². The molecule has 0 saturated heterocycles. The summed E-state index contributed by atoms with van der Waals surface area (Å²) in [6.07, 6.45) is 8.96. The van der Waals surface area contributed by atoms with Crippen molar-refractivity contribution in [1.29, 1.82) is 0 Å². The molecule has 0 heterocycles. The summed E-state index contributed by atoms with van der Waals surface area (Å²) in [6.45, 7) is 2.35. The summed E-state index contributed by atoms with van der Waals surface area (Å²) in [6, 6.07) is 0.677. The molecular weight excluding hydrogens is 262 g/mol. The van der Waals surface area contributed by atoms with Crippen LogP contribution in [0.3, 0.4) is 0 Å². The smallest absolute Gasteiger partial charge is 0.0231 e. The van der Waals surface area contributed by atoms with Gasteiger partial charge in [0, 0.05) is 10.9 Å². The van der Waals surface area contributed by atoms with Crippen molar-refractivity contribution in [2.24, 2.45) is 23.2 Å². The topological polar surface area (TPSA) is 12.0 Å². The number of nitrogens with one attached hydrogen (secondary N) is 1. The minimum atomic E-state index is 0.636. The molecule has 0 amide bonds. The maximum atomic E-state index is 4.07. The zero-order valence-electron chi connectivity index (χ0n) is 10.5. The van der Waals surface area contributed by atoms with Gasteiger partial charge in [0.05, 0.1) is 0 Å². The predicted molar refractivity (Wildman–Crippen MR) is 71.8 cm³/mol. The molecule has 1 N–H and O–H groups in total. The Labute approximate surface area is 108 Å². The molecule has 4 aliphatic carbocycles. The molecule has 4 bridgehead atoms. The zero-order valence-corrected chi connectivity index (χ0v) is 12.1. The highest BCUT2D eigenvalue weighted by molar-refractivity contribution is 9.09. The second-order valence-electron chi connectivity index (χ2n) is 6.77. The highest BCUT2D eigenvalue weighted by atomic mass is 79.9. The van der Waals surface area contributed by atoms with Gasteiger partial charge in [0.1, 0.15) is 0 Å². The first-order valence-corrected chi connectivity index (χ1v) is 7.86. The van der Waals surface area contributed by atoms with Gasteiger partial charge in [0.15, 0.2) is 0 Å². The number of hydrogen-bond donors (Lipinski definition) is 1. The van der Waals surface area contributed by atoms with Gasteiger partial charge in [-0.25, -0.2) is 0 Å². The zero-order chi connectivity index (χ0) is 11.3. The summed E-state index contributed by atoms with van der Waals surface area (Å²) < 4.78 is 0. The van der Waals surface area contributed by atoms with Crippen LogP contribution in [0.4, 0.5) is 0 Å². The van der Waals surface area contributed by atoms with E-state index in [4.69, 9.17) is 0 Å². The second-order valence-corrected chi connectivity index (χ2v) is 7.75. The van der Waals surface area contributed by atoms with Gasteiger partial charge in [0.2, 0.25) is 0 Å². The number of alkyl halides is 1. The van der Waals surface area contributed by atoms with Crippen LogP contribution in [0.1, 0.15) is 45.4 Å². The van der Waals surface area contributed by atoms with Crippen molar-refractivity contribution >= 4 is 15.9 Å². The molecule has 92 valence electrons. The molecule has 1 nitrogen and oxygen atoms in total. The van der Waals surface area contributed by atoms with Crippen LogP contribution in [0.25, 0.3) is 0 Å². The van der Waals surface area contributed by atoms with E-state index in [0.29, 0.717) is 11.5 Å². The molecule has 4 saturated carbocycles. The lowest BCUT2D eigenvalue weighted by Gasteiger charge is -2.60. The van der Waals surface area contributed by atoms with E-state index in [2.05, 4.69) is 35.2 Å². The fraction of sp³-hybridized carbons (Fsp3) is 1.00. The Balaban J connectivity index is 1.82. The SMILES string of the molecule is CN[C@@H](C)CC12C[C@@H]3CC(C[C@H](C3)C1)[C@@H]2Br. The molecule has 0 aromatic rings. The van der Waals surface area contributed by atoms with Crippen LogP contribution in [-0.4, -0.2) is 17.9 Å². The van der Waals surface area contributed by atoms with Gasteiger partial charge in [-0.2, -0.15) is 0 Å². The van der Waals surface area contributed by atoms with Crippen molar-refractivity contribution in [3.63, 3.8) is 0 Å². The van der Waals surface area contributed by atoms with Gasteiger partial charge in [-0.1, -0.05) is 15.9 Å². The first kappa shape index (κ1) is 11.5. The standard InChI is InChI=1S/C14H24BrN/c1-9(16-2)6-14-7-10-3-11(8-14)5-12(4-10)13(14)15/h9-13,16H,3-8H2,1-2H3/t9-,10-,11-,12?,13-,14?/m0/s1. The Morgan fingerprint density at radius 3 is 2.44 bits per heavy atom. The highest BCUT2D eigenvalue weighted by Crippen LogP contribution is 2.63. The number of hydrogen-bond acceptors (Lipinski definition) is 1. The minimum absolute atomic E-state index is 0.636. The van der Waals surface area contributed by atoms with Crippen molar-refractivity contribution in [1.82, 2.24) is 5.32 Å². The van der Waals surface area contributed by atoms with Crippen molar-refractivity contribution in [2.75, 3.05) is 7.05 Å². The normalized spacial score (nSPS) is 51.9. The van der Waals surface area contributed by atoms with Gasteiger partial charge < -0.3 is 5.32 Å². The molecule has 2 heteroatoms. The largest absolute Gasteiger partial charge is 0.317 e. The number of rotatable bonds is 3. The van der Waals surface area contributed by atoms with E-state index >= 15 is 0 Å². The van der Waals surface area contributed by atoms with Gasteiger partial charge in [0.25, 0.3) is 0 Å². The molecule has 4 rings (SSSR count). The van der Waals surface area contributed by atoms with Crippen LogP contribution >= 0.6 is 15.9 Å². The maximum Gasteiger partial charge on any atom is 0.0231 e. The van der Waals surface area contributed by atoms with E-state index in [-0.39, 0.29) is 0 Å². The lowest BCUT2D eigenvalue weighted by atomic mass is 9.48. The Morgan fingerprint density at radius 2 is 1.88 bits per heavy atom. The molecule has 0 spiro atoms. The average Bonchev–Trinajstić information content (AvgIpc) is 2.24. The Morgan fingerprint density at radius 1 is 1.25 bits per heavy atom. The number of halogens is 1. The lowest BCUT2D eigenvalue weighted by Crippen LogP contribution is -2.55. The molecule has 0 unspecified atom stereocenters. The average molecular weight is 286 g/mol. The summed E-state index contributed by atoms with van der Waals surface area (Å²) in [4.78, 5) is 0.809. The first-order valence-electron chi connectivity index (χ1n) is 6.94. The van der Waals surface area contributed by atoms with E-state index in [1.54, 1.807) is 6.42 Å². The van der Waals surface area contributed by atoms with Crippen LogP contribution in [-0.2, 0) is 0 Å². The molecule has 0 aromatic carbocycles. The fourth-order valence-electron chi connectivity index (χ4n) is 5.14. The minimum Gasteiger partial charge on any atom is -0.317 e. The van der Waals surface area contributed by atoms with Gasteiger partial charge in [-0.3, -0.25) is 0 Å². The van der Waals surface area contributed by atoms with E-state index < -0.39 is 0 Å². The van der Waals surface area contributed by atoms with Crippen LogP contribution in [0, 0.1) is 23.2 Å². The summed E-state index contributed by atoms with van der Waals surface area (Å²) in [5.41, 5.74) is 0.636. The fourth-order valence-corrected chi connectivity index (χ4v) is 6.13. The predicted octanol–water partition coefficient (Wildman–Crippen LogP) is 3.57. The van der Waals surface area contributed by atoms with Gasteiger partial charge >= 0.3 is 0 Å². The summed E-state index contributed by atoms with van der Waals surface area (Å²) in [5, 5.41) is 3.44. The molecule has 0 aliphatic heterocycles. The molecule has 0 aromatic heterocycles. The Hall–Kier alpha value is 0.440. The third-order valence-electron chi connectivity index (χ3n) is 5.53. The third kappa shape index (κ3) is 1.68. The second kappa shape index (κ2) is 3.98. The van der Waals surface area contributed by atoms with E-state index in [0.717, 1.165) is 22.6 Å². The van der Waals surface area contributed by atoms with Crippen LogP contribution in [0.2, 0.25) is 0 Å².